The second-order valence-corrected chi connectivity index (χ2v) is 5.23. The van der Waals surface area contributed by atoms with E-state index in [0.29, 0.717) is 12.5 Å². The Hall–Kier alpha value is -1.51. The van der Waals surface area contributed by atoms with E-state index in [1.54, 1.807) is 0 Å². The topological polar surface area (TPSA) is 46.5 Å². The minimum Gasteiger partial charge on any atom is -0.493 e. The van der Waals surface area contributed by atoms with Gasteiger partial charge in [-0.05, 0) is 49.3 Å². The molecule has 1 N–H and O–H groups in total. The Bertz CT molecular complexity index is 410. The first-order chi connectivity index (χ1) is 9.00. The molecule has 0 heterocycles. The second kappa shape index (κ2) is 7.82. The molecule has 3 heteroatoms. The highest BCUT2D eigenvalue weighted by molar-refractivity contribution is 5.66. The zero-order chi connectivity index (χ0) is 14.3. The lowest BCUT2D eigenvalue weighted by Crippen LogP contribution is -2.01. The van der Waals surface area contributed by atoms with Crippen molar-refractivity contribution in [3.63, 3.8) is 0 Å². The van der Waals surface area contributed by atoms with E-state index in [1.807, 2.05) is 6.92 Å². The minimum atomic E-state index is -0.721. The van der Waals surface area contributed by atoms with E-state index in [9.17, 15) is 4.79 Å². The summed E-state index contributed by atoms with van der Waals surface area (Å²) in [5.41, 5.74) is 2.43. The van der Waals surface area contributed by atoms with Gasteiger partial charge in [0.25, 0.3) is 0 Å². The molecule has 19 heavy (non-hydrogen) atoms. The van der Waals surface area contributed by atoms with Gasteiger partial charge < -0.3 is 9.84 Å². The van der Waals surface area contributed by atoms with Gasteiger partial charge in [0.15, 0.2) is 0 Å². The van der Waals surface area contributed by atoms with Crippen LogP contribution >= 0.6 is 0 Å². The summed E-state index contributed by atoms with van der Waals surface area (Å²) in [6.07, 6.45) is 2.78. The molecule has 0 saturated carbocycles. The molecule has 1 rings (SSSR count). The Balaban J connectivity index is 2.36. The van der Waals surface area contributed by atoms with E-state index < -0.39 is 5.97 Å². The number of ether oxygens (including phenoxy) is 1. The third-order valence-corrected chi connectivity index (χ3v) is 3.17. The molecule has 106 valence electrons. The number of carboxylic acid groups (broad SMARTS) is 1. The first-order valence-corrected chi connectivity index (χ1v) is 6.96. The maximum absolute atomic E-state index is 10.4. The maximum Gasteiger partial charge on any atom is 0.303 e. The van der Waals surface area contributed by atoms with Crippen molar-refractivity contribution in [2.24, 2.45) is 0 Å². The predicted octanol–water partition coefficient (Wildman–Crippen LogP) is 4.14. The van der Waals surface area contributed by atoms with E-state index in [0.717, 1.165) is 30.6 Å². The highest BCUT2D eigenvalue weighted by Gasteiger charge is 2.04. The fourth-order valence-corrected chi connectivity index (χ4v) is 1.87. The van der Waals surface area contributed by atoms with Crippen molar-refractivity contribution >= 4 is 5.97 Å². The lowest BCUT2D eigenvalue weighted by molar-refractivity contribution is -0.137. The molecular weight excluding hydrogens is 240 g/mol. The molecule has 0 atom stereocenters. The number of unbranched alkanes of at least 4 members (excludes halogenated alkanes) is 2. The number of carbonyl (C=O) groups is 1. The highest BCUT2D eigenvalue weighted by Crippen LogP contribution is 2.24. The van der Waals surface area contributed by atoms with E-state index in [4.69, 9.17) is 9.84 Å². The zero-order valence-electron chi connectivity index (χ0n) is 12.1. The summed E-state index contributed by atoms with van der Waals surface area (Å²) in [6, 6.07) is 6.34. The molecule has 0 aliphatic heterocycles. The van der Waals surface area contributed by atoms with Crippen LogP contribution in [0.15, 0.2) is 18.2 Å². The van der Waals surface area contributed by atoms with Crippen LogP contribution in [0.1, 0.15) is 56.6 Å². The fourth-order valence-electron chi connectivity index (χ4n) is 1.87. The van der Waals surface area contributed by atoms with Crippen molar-refractivity contribution in [3.8, 4) is 5.75 Å². The van der Waals surface area contributed by atoms with E-state index >= 15 is 0 Å². The van der Waals surface area contributed by atoms with Gasteiger partial charge in [-0.3, -0.25) is 4.79 Å². The van der Waals surface area contributed by atoms with Crippen LogP contribution in [-0.2, 0) is 4.79 Å². The lowest BCUT2D eigenvalue weighted by Gasteiger charge is -2.12. The molecule has 1 aromatic carbocycles. The molecule has 0 aromatic heterocycles. The van der Waals surface area contributed by atoms with Gasteiger partial charge in [-0.15, -0.1) is 0 Å². The summed E-state index contributed by atoms with van der Waals surface area (Å²) in [4.78, 5) is 10.4. The number of carboxylic acids is 1. The van der Waals surface area contributed by atoms with Crippen LogP contribution in [0.3, 0.4) is 0 Å². The summed E-state index contributed by atoms with van der Waals surface area (Å²) in [5.74, 6) is 0.726. The third kappa shape index (κ3) is 5.77. The van der Waals surface area contributed by atoms with Crippen LogP contribution in [0.2, 0.25) is 0 Å². The van der Waals surface area contributed by atoms with Gasteiger partial charge in [0.05, 0.1) is 6.61 Å². The van der Waals surface area contributed by atoms with Gasteiger partial charge in [-0.2, -0.15) is 0 Å². The van der Waals surface area contributed by atoms with Crippen molar-refractivity contribution < 1.29 is 14.6 Å². The number of hydrogen-bond donors (Lipinski definition) is 1. The molecule has 0 amide bonds. The Morgan fingerprint density at radius 1 is 1.26 bits per heavy atom. The van der Waals surface area contributed by atoms with E-state index in [2.05, 4.69) is 32.0 Å². The van der Waals surface area contributed by atoms with Crippen molar-refractivity contribution in [3.05, 3.63) is 29.3 Å². The molecule has 0 unspecified atom stereocenters. The predicted molar refractivity (Wildman–Crippen MR) is 76.9 cm³/mol. The van der Waals surface area contributed by atoms with Crippen molar-refractivity contribution in [1.29, 1.82) is 0 Å². The SMILES string of the molecule is Cc1ccc(C(C)C)cc1OCCCCCC(=O)O. The van der Waals surface area contributed by atoms with Crippen molar-refractivity contribution in [2.45, 2.75) is 52.4 Å². The molecular formula is C16H24O3. The van der Waals surface area contributed by atoms with Crippen LogP contribution in [0.25, 0.3) is 0 Å². The first kappa shape index (κ1) is 15.5. The van der Waals surface area contributed by atoms with E-state index in [-0.39, 0.29) is 6.42 Å². The van der Waals surface area contributed by atoms with Crippen LogP contribution in [0.4, 0.5) is 0 Å². The van der Waals surface area contributed by atoms with Crippen LogP contribution < -0.4 is 4.74 Å². The molecule has 0 saturated heterocycles. The summed E-state index contributed by atoms with van der Waals surface area (Å²) in [7, 11) is 0. The van der Waals surface area contributed by atoms with Gasteiger partial charge in [-0.25, -0.2) is 0 Å². The number of rotatable bonds is 8. The van der Waals surface area contributed by atoms with Crippen LogP contribution in [0.5, 0.6) is 5.75 Å². The van der Waals surface area contributed by atoms with Gasteiger partial charge >= 0.3 is 5.97 Å². The Morgan fingerprint density at radius 3 is 2.63 bits per heavy atom. The van der Waals surface area contributed by atoms with Gasteiger partial charge in [0, 0.05) is 6.42 Å². The standard InChI is InChI=1S/C16H24O3/c1-12(2)14-9-8-13(3)15(11-14)19-10-6-4-5-7-16(17)18/h8-9,11-12H,4-7,10H2,1-3H3,(H,17,18). The average Bonchev–Trinajstić information content (AvgIpc) is 2.34. The molecule has 0 radical (unpaired) electrons. The maximum atomic E-state index is 10.4. The molecule has 0 aliphatic carbocycles. The Morgan fingerprint density at radius 2 is 2.00 bits per heavy atom. The average molecular weight is 264 g/mol. The second-order valence-electron chi connectivity index (χ2n) is 5.23. The Kier molecular flexibility index (Phi) is 6.40. The largest absolute Gasteiger partial charge is 0.493 e. The molecule has 0 bridgehead atoms. The monoisotopic (exact) mass is 264 g/mol. The quantitative estimate of drug-likeness (QED) is 0.718. The number of benzene rings is 1. The molecule has 1 aromatic rings. The number of aliphatic carboxylic acids is 1. The Labute approximate surface area is 115 Å². The van der Waals surface area contributed by atoms with Gasteiger partial charge in [0.1, 0.15) is 5.75 Å². The zero-order valence-corrected chi connectivity index (χ0v) is 12.1. The van der Waals surface area contributed by atoms with Crippen molar-refractivity contribution in [1.82, 2.24) is 0 Å². The number of aryl methyl sites for hydroxylation is 1. The summed E-state index contributed by atoms with van der Waals surface area (Å²) in [5, 5.41) is 8.54. The summed E-state index contributed by atoms with van der Waals surface area (Å²) in [6.45, 7) is 7.03. The minimum absolute atomic E-state index is 0.252. The van der Waals surface area contributed by atoms with E-state index in [1.165, 1.54) is 5.56 Å². The number of hydrogen-bond acceptors (Lipinski definition) is 2. The fraction of sp³-hybridized carbons (Fsp3) is 0.562. The van der Waals surface area contributed by atoms with Gasteiger partial charge in [-0.1, -0.05) is 26.0 Å². The molecule has 0 fully saturated rings. The van der Waals surface area contributed by atoms with Gasteiger partial charge in [0.2, 0.25) is 0 Å². The highest BCUT2D eigenvalue weighted by atomic mass is 16.5. The molecule has 0 spiro atoms. The first-order valence-electron chi connectivity index (χ1n) is 6.96. The van der Waals surface area contributed by atoms with Crippen molar-refractivity contribution in [2.75, 3.05) is 6.61 Å². The molecule has 3 nitrogen and oxygen atoms in total. The third-order valence-electron chi connectivity index (χ3n) is 3.17. The van der Waals surface area contributed by atoms with Crippen LogP contribution in [-0.4, -0.2) is 17.7 Å². The summed E-state index contributed by atoms with van der Waals surface area (Å²) >= 11 is 0. The molecule has 0 aliphatic rings. The lowest BCUT2D eigenvalue weighted by atomic mass is 10.0. The normalized spacial score (nSPS) is 10.7. The summed E-state index contributed by atoms with van der Waals surface area (Å²) < 4.78 is 5.79. The smallest absolute Gasteiger partial charge is 0.303 e. The van der Waals surface area contributed by atoms with Crippen LogP contribution in [0, 0.1) is 6.92 Å².